The van der Waals surface area contributed by atoms with Gasteiger partial charge in [-0.05, 0) is 77.2 Å². The van der Waals surface area contributed by atoms with E-state index in [1.165, 1.54) is 5.56 Å². The molecule has 3 atom stereocenters. The zero-order chi connectivity index (χ0) is 40.3. The lowest BCUT2D eigenvalue weighted by molar-refractivity contribution is 0.0872. The molecule has 0 aliphatic carbocycles. The third kappa shape index (κ3) is 6.06. The highest BCUT2D eigenvalue weighted by atomic mass is 16.5. The van der Waals surface area contributed by atoms with E-state index in [-0.39, 0.29) is 18.1 Å². The van der Waals surface area contributed by atoms with E-state index < -0.39 is 0 Å². The van der Waals surface area contributed by atoms with E-state index in [9.17, 15) is 0 Å². The fourth-order valence-electron chi connectivity index (χ4n) is 9.90. The molecular weight excluding hydrogens is 747 g/mol. The average Bonchev–Trinajstić information content (AvgIpc) is 4.18. The van der Waals surface area contributed by atoms with E-state index in [1.807, 2.05) is 0 Å². The van der Waals surface area contributed by atoms with Crippen molar-refractivity contribution in [2.45, 2.75) is 18.6 Å². The minimum absolute atomic E-state index is 0.00668. The van der Waals surface area contributed by atoms with Crippen molar-refractivity contribution in [3.05, 3.63) is 198 Å². The molecule has 0 unspecified atom stereocenters. The summed E-state index contributed by atoms with van der Waals surface area (Å²) in [7, 11) is 0. The van der Waals surface area contributed by atoms with Crippen LogP contribution in [0.4, 0.5) is 5.69 Å². The maximum Gasteiger partial charge on any atom is 0.0896 e. The number of aromatic amines is 2. The van der Waals surface area contributed by atoms with Crippen LogP contribution in [0.1, 0.15) is 40.9 Å². The number of hydrogen-bond donors (Lipinski definition) is 3. The minimum Gasteiger partial charge on any atom is -0.377 e. The third-order valence-electron chi connectivity index (χ3n) is 12.6. The van der Waals surface area contributed by atoms with Gasteiger partial charge in [-0.1, -0.05) is 140 Å². The maximum atomic E-state index is 6.57. The molecule has 0 spiro atoms. The summed E-state index contributed by atoms with van der Waals surface area (Å²) in [6.45, 7) is 0.718. The van der Waals surface area contributed by atoms with E-state index in [4.69, 9.17) is 14.7 Å². The Labute approximate surface area is 354 Å². The van der Waals surface area contributed by atoms with E-state index in [1.54, 1.807) is 0 Å². The Balaban J connectivity index is 1.25. The van der Waals surface area contributed by atoms with Crippen LogP contribution in [0.25, 0.3) is 90.4 Å². The standard InChI is InChI=1S/C55H41N5O/c1-5-15-34(16-6-1)49-42-25-26-43(56-42)50(35-17-7-2-8-18-35)45-29-30-47(58-45)52(37-21-11-4-12-22-37)54-40(53-39-31-32-61-55(39)38-23-13-14-24-41(38)59-53)33-48(60-54)51(36-19-9-3-10-20-36)46-28-27-44(49)57-46/h1-30,33,39,53,55,57-59H,31-32H2/t39-,53-,55+/m1/s1. The molecule has 6 nitrogen and oxygen atoms in total. The van der Waals surface area contributed by atoms with Crippen molar-refractivity contribution >= 4 is 51.6 Å². The molecular formula is C55H41N5O. The fourth-order valence-corrected chi connectivity index (χ4v) is 9.90. The number of rotatable bonds is 5. The Morgan fingerprint density at radius 2 is 0.918 bits per heavy atom. The van der Waals surface area contributed by atoms with Crippen molar-refractivity contribution in [2.24, 2.45) is 5.92 Å². The van der Waals surface area contributed by atoms with Crippen molar-refractivity contribution in [3.63, 3.8) is 0 Å². The summed E-state index contributed by atoms with van der Waals surface area (Å²) in [5.74, 6) is 0.215. The molecule has 4 aliphatic heterocycles. The Kier molecular flexibility index (Phi) is 8.49. The molecule has 3 N–H and O–H groups in total. The van der Waals surface area contributed by atoms with Crippen LogP contribution < -0.4 is 5.32 Å². The molecule has 8 aromatic rings. The van der Waals surface area contributed by atoms with E-state index in [2.05, 4.69) is 203 Å². The van der Waals surface area contributed by atoms with Gasteiger partial charge in [-0.25, -0.2) is 9.97 Å². The van der Waals surface area contributed by atoms with Crippen molar-refractivity contribution in [2.75, 3.05) is 11.9 Å². The minimum atomic E-state index is -0.0545. The predicted molar refractivity (Wildman–Crippen MR) is 250 cm³/mol. The highest BCUT2D eigenvalue weighted by molar-refractivity contribution is 6.03. The SMILES string of the molecule is C1=Cc2nc1c(-c1ccccc1)c1ccc([nH]1)c(-c1ccccc1)c1nc(c(-c3ccccc3)c3ccc([nH]3)c2-c2ccccc2)C([C@@H]2Nc3ccccc3[C@@H]3OCC[C@H]23)=C1. The van der Waals surface area contributed by atoms with Crippen molar-refractivity contribution in [3.8, 4) is 44.5 Å². The monoisotopic (exact) mass is 787 g/mol. The predicted octanol–water partition coefficient (Wildman–Crippen LogP) is 13.3. The first-order valence-corrected chi connectivity index (χ1v) is 21.1. The van der Waals surface area contributed by atoms with Gasteiger partial charge in [0.05, 0.1) is 34.9 Å². The second-order valence-electron chi connectivity index (χ2n) is 16.1. The number of para-hydroxylation sites is 1. The highest BCUT2D eigenvalue weighted by Crippen LogP contribution is 2.50. The first-order valence-electron chi connectivity index (χ1n) is 21.1. The summed E-state index contributed by atoms with van der Waals surface area (Å²) in [6, 6.07) is 59.9. The fraction of sp³-hybridized carbons (Fsp3) is 0.0909. The largest absolute Gasteiger partial charge is 0.377 e. The van der Waals surface area contributed by atoms with Gasteiger partial charge in [-0.15, -0.1) is 0 Å². The zero-order valence-corrected chi connectivity index (χ0v) is 33.3. The molecule has 1 saturated heterocycles. The lowest BCUT2D eigenvalue weighted by Crippen LogP contribution is -2.36. The maximum absolute atomic E-state index is 6.57. The summed E-state index contributed by atoms with van der Waals surface area (Å²) in [6.07, 6.45) is 7.59. The highest BCUT2D eigenvalue weighted by Gasteiger charge is 2.44. The van der Waals surface area contributed by atoms with Crippen LogP contribution in [0.5, 0.6) is 0 Å². The number of nitrogens with one attached hydrogen (secondary N) is 3. The van der Waals surface area contributed by atoms with Gasteiger partial charge in [0, 0.05) is 73.7 Å². The molecule has 5 aromatic carbocycles. The first kappa shape index (κ1) is 35.4. The van der Waals surface area contributed by atoms with Crippen molar-refractivity contribution in [1.82, 2.24) is 19.9 Å². The topological polar surface area (TPSA) is 78.6 Å². The number of ether oxygens (including phenoxy) is 1. The van der Waals surface area contributed by atoms with Crippen LogP contribution in [0, 0.1) is 5.92 Å². The van der Waals surface area contributed by atoms with E-state index in [0.717, 1.165) is 114 Å². The molecule has 7 heterocycles. The Morgan fingerprint density at radius 1 is 0.459 bits per heavy atom. The molecule has 12 rings (SSSR count). The number of nitrogens with zero attached hydrogens (tertiary/aromatic N) is 2. The van der Waals surface area contributed by atoms with Gasteiger partial charge >= 0.3 is 0 Å². The Morgan fingerprint density at radius 3 is 1.46 bits per heavy atom. The summed E-state index contributed by atoms with van der Waals surface area (Å²) >= 11 is 0. The lowest BCUT2D eigenvalue weighted by Gasteiger charge is -2.37. The van der Waals surface area contributed by atoms with Gasteiger partial charge < -0.3 is 20.0 Å². The van der Waals surface area contributed by atoms with Gasteiger partial charge in [0.2, 0.25) is 0 Å². The Bertz CT molecular complexity index is 3200. The zero-order valence-electron chi connectivity index (χ0n) is 33.3. The van der Waals surface area contributed by atoms with E-state index in [0.29, 0.717) is 0 Å². The van der Waals surface area contributed by atoms with Gasteiger partial charge in [-0.2, -0.15) is 0 Å². The number of anilines is 1. The molecule has 0 saturated carbocycles. The Hall–Kier alpha value is -7.54. The van der Waals surface area contributed by atoms with Gasteiger partial charge in [0.1, 0.15) is 0 Å². The number of hydrogen-bond acceptors (Lipinski definition) is 4. The van der Waals surface area contributed by atoms with Crippen LogP contribution >= 0.6 is 0 Å². The van der Waals surface area contributed by atoms with Crippen LogP contribution in [0.15, 0.2) is 170 Å². The molecule has 292 valence electrons. The second-order valence-corrected chi connectivity index (χ2v) is 16.1. The molecule has 0 amide bonds. The van der Waals surface area contributed by atoms with E-state index >= 15 is 0 Å². The third-order valence-corrected chi connectivity index (χ3v) is 12.6. The van der Waals surface area contributed by atoms with Crippen LogP contribution in [0.2, 0.25) is 0 Å². The molecule has 61 heavy (non-hydrogen) atoms. The number of benzene rings is 5. The normalized spacial score (nSPS) is 17.6. The smallest absolute Gasteiger partial charge is 0.0896 e. The molecule has 4 aliphatic rings. The second kappa shape index (κ2) is 14.6. The lowest BCUT2D eigenvalue weighted by atomic mass is 9.79. The summed E-state index contributed by atoms with van der Waals surface area (Å²) in [4.78, 5) is 19.1. The number of fused-ring (bicyclic) bond motifs is 11. The molecule has 3 aromatic heterocycles. The molecule has 8 bridgehead atoms. The van der Waals surface area contributed by atoms with Gasteiger partial charge in [0.15, 0.2) is 0 Å². The quantitative estimate of drug-likeness (QED) is 0.162. The van der Waals surface area contributed by atoms with Crippen molar-refractivity contribution in [1.29, 1.82) is 0 Å². The van der Waals surface area contributed by atoms with Crippen LogP contribution in [0.3, 0.4) is 0 Å². The summed E-state index contributed by atoms with van der Waals surface area (Å²) < 4.78 is 6.57. The molecule has 6 heteroatoms. The van der Waals surface area contributed by atoms with Gasteiger partial charge in [0.25, 0.3) is 0 Å². The van der Waals surface area contributed by atoms with Crippen LogP contribution in [-0.2, 0) is 4.74 Å². The summed E-state index contributed by atoms with van der Waals surface area (Å²) in [5.41, 5.74) is 19.5. The number of aromatic nitrogens is 4. The van der Waals surface area contributed by atoms with Gasteiger partial charge in [-0.3, -0.25) is 0 Å². The van der Waals surface area contributed by atoms with Crippen LogP contribution in [-0.4, -0.2) is 32.6 Å². The average molecular weight is 788 g/mol. The number of H-pyrrole nitrogens is 2. The first-order chi connectivity index (χ1) is 30.2. The molecule has 0 radical (unpaired) electrons. The molecule has 1 fully saturated rings. The van der Waals surface area contributed by atoms with Crippen molar-refractivity contribution < 1.29 is 4.74 Å². The summed E-state index contributed by atoms with van der Waals surface area (Å²) in [5, 5.41) is 4.04.